The van der Waals surface area contributed by atoms with Crippen molar-refractivity contribution in [3.8, 4) is 11.1 Å². The maximum absolute atomic E-state index is 3.36. The van der Waals surface area contributed by atoms with E-state index in [1.54, 1.807) is 23.3 Å². The molecule has 0 aromatic heterocycles. The Morgan fingerprint density at radius 2 is 1.56 bits per heavy atom. The summed E-state index contributed by atoms with van der Waals surface area (Å²) in [6, 6.07) is 21.8. The van der Waals surface area contributed by atoms with Gasteiger partial charge in [0.15, 0.2) is 0 Å². The first-order valence-corrected chi connectivity index (χ1v) is 17.0. The van der Waals surface area contributed by atoms with Gasteiger partial charge in [-0.3, -0.25) is 6.08 Å². The molecule has 0 spiro atoms. The van der Waals surface area contributed by atoms with Gasteiger partial charge < -0.3 is 0 Å². The fourth-order valence-corrected chi connectivity index (χ4v) is 3.53. The molecule has 3 aromatic carbocycles. The number of fused-ring (bicyclic) bond motifs is 1. The maximum atomic E-state index is 3.36. The van der Waals surface area contributed by atoms with Gasteiger partial charge in [-0.05, 0) is 12.0 Å². The Morgan fingerprint density at radius 3 is 2.00 bits per heavy atom. The van der Waals surface area contributed by atoms with Crippen molar-refractivity contribution in [1.29, 1.82) is 0 Å². The first-order chi connectivity index (χ1) is 14.2. The first kappa shape index (κ1) is 31.2. The van der Waals surface area contributed by atoms with E-state index >= 15 is 0 Å². The van der Waals surface area contributed by atoms with Crippen LogP contribution in [0.4, 0.5) is 0 Å². The molecule has 0 fully saturated rings. The fraction of sp³-hybridized carbons (Fsp3) is 0.321. The number of rotatable bonds is 2. The van der Waals surface area contributed by atoms with Gasteiger partial charge in [0.1, 0.15) is 0 Å². The quantitative estimate of drug-likeness (QED) is 0.216. The molecular formula is C28H36Cl2SiZr. The van der Waals surface area contributed by atoms with Gasteiger partial charge in [0.25, 0.3) is 0 Å². The van der Waals surface area contributed by atoms with E-state index < -0.39 is 0 Å². The van der Waals surface area contributed by atoms with Gasteiger partial charge in [-0.2, -0.15) is 17.2 Å². The van der Waals surface area contributed by atoms with Crippen LogP contribution in [0.1, 0.15) is 40.2 Å². The number of halogens is 2. The second kappa shape index (κ2) is 15.2. The van der Waals surface area contributed by atoms with Crippen LogP contribution in [0, 0.1) is 12.0 Å². The number of aryl methyl sites for hydroxylation is 1. The van der Waals surface area contributed by atoms with Crippen LogP contribution in [0.2, 0.25) is 13.1 Å². The normalized spacial score (nSPS) is 14.3. The van der Waals surface area contributed by atoms with Crippen LogP contribution < -0.4 is 0 Å². The molecule has 4 heteroatoms. The summed E-state index contributed by atoms with van der Waals surface area (Å²) in [6.45, 7) is 15.5. The van der Waals surface area contributed by atoms with Gasteiger partial charge in [-0.1, -0.05) is 75.6 Å². The van der Waals surface area contributed by atoms with E-state index in [0.717, 1.165) is 6.42 Å². The third kappa shape index (κ3) is 8.86. The van der Waals surface area contributed by atoms with Crippen molar-refractivity contribution >= 4 is 41.0 Å². The van der Waals surface area contributed by atoms with Crippen LogP contribution in [0.5, 0.6) is 0 Å². The van der Waals surface area contributed by atoms with E-state index in [-0.39, 0.29) is 30.2 Å². The Bertz CT molecular complexity index is 1060. The molecule has 1 aliphatic carbocycles. The molecule has 0 amide bonds. The van der Waals surface area contributed by atoms with Crippen LogP contribution in [0.15, 0.2) is 77.4 Å². The molecule has 0 heterocycles. The van der Waals surface area contributed by atoms with Crippen LogP contribution >= 0.6 is 24.8 Å². The third-order valence-corrected chi connectivity index (χ3v) is 5.54. The van der Waals surface area contributed by atoms with Crippen LogP contribution in [-0.4, -0.2) is 5.43 Å². The molecule has 0 bridgehead atoms. The second-order valence-corrected chi connectivity index (χ2v) is 17.6. The van der Waals surface area contributed by atoms with Gasteiger partial charge in [0.05, 0.1) is 0 Å². The summed E-state index contributed by atoms with van der Waals surface area (Å²) in [7, 11) is 0. The summed E-state index contributed by atoms with van der Waals surface area (Å²) in [5.74, 6) is 0.560. The van der Waals surface area contributed by atoms with Crippen LogP contribution in [-0.2, 0) is 29.8 Å². The minimum Gasteiger partial charge on any atom is -0.147 e. The van der Waals surface area contributed by atoms with Gasteiger partial charge in [0.2, 0.25) is 0 Å². The minimum absolute atomic E-state index is 0. The second-order valence-electron chi connectivity index (χ2n) is 8.19. The van der Waals surface area contributed by atoms with Gasteiger partial charge in [-0.25, -0.2) is 5.57 Å². The van der Waals surface area contributed by atoms with Crippen molar-refractivity contribution in [2.75, 3.05) is 0 Å². The standard InChI is InChI=1S/C17H15.C9H13.C2H6Si.2ClH.Zr/c1-2-13-11-15-9-6-10-16(17(15)12-13)14-7-4-3-5-8-14;1-6-5-7(2)9(4)8(6)3;1-3-2;;;/h3-12H,2H2,1H3;6H,1-4H3;1-2H3;2*1H;/q2*-1;;;;+2. The molecule has 4 rings (SSSR count). The molecule has 0 saturated carbocycles. The molecule has 32 heavy (non-hydrogen) atoms. The van der Waals surface area contributed by atoms with Crippen molar-refractivity contribution < 1.29 is 23.3 Å². The summed E-state index contributed by atoms with van der Waals surface area (Å²) in [4.78, 5) is 0. The third-order valence-electron chi connectivity index (χ3n) is 5.54. The van der Waals surface area contributed by atoms with Crippen molar-refractivity contribution in [3.05, 3.63) is 89.0 Å². The molecule has 0 aliphatic heterocycles. The summed E-state index contributed by atoms with van der Waals surface area (Å²) in [6.07, 6.45) is 4.46. The largest absolute Gasteiger partial charge is 0.147 e. The van der Waals surface area contributed by atoms with Crippen molar-refractivity contribution in [2.45, 2.75) is 54.1 Å². The van der Waals surface area contributed by atoms with Crippen LogP contribution in [0.3, 0.4) is 0 Å². The van der Waals surface area contributed by atoms with E-state index in [1.165, 1.54) is 44.2 Å². The van der Waals surface area contributed by atoms with E-state index in [1.807, 2.05) is 0 Å². The predicted octanol–water partition coefficient (Wildman–Crippen LogP) is 9.14. The van der Waals surface area contributed by atoms with Crippen LogP contribution in [0.25, 0.3) is 21.9 Å². The SMILES string of the molecule is CC1=[C-]C(C)C(C)=C1C.CCc1cc2c(-c3ccccc3)cccc2[cH-]1.C[Si](C)=[Zr+2].Cl.Cl. The molecular weight excluding hydrogens is 527 g/mol. The molecule has 170 valence electrons. The Hall–Kier alpha value is -0.790. The molecule has 0 saturated heterocycles. The zero-order valence-electron chi connectivity index (χ0n) is 20.4. The zero-order valence-corrected chi connectivity index (χ0v) is 25.5. The van der Waals surface area contributed by atoms with Crippen molar-refractivity contribution in [3.63, 3.8) is 0 Å². The van der Waals surface area contributed by atoms with E-state index in [2.05, 4.69) is 114 Å². The predicted molar refractivity (Wildman–Crippen MR) is 146 cm³/mol. The smallest absolute Gasteiger partial charge is 0.147 e. The summed E-state index contributed by atoms with van der Waals surface area (Å²) >= 11 is 1.74. The van der Waals surface area contributed by atoms with Gasteiger partial charge >= 0.3 is 41.9 Å². The average Bonchev–Trinajstić information content (AvgIpc) is 3.25. The molecule has 0 nitrogen and oxygen atoms in total. The molecule has 3 aromatic rings. The number of allylic oxidation sites excluding steroid dienone is 4. The van der Waals surface area contributed by atoms with E-state index in [0.29, 0.717) is 5.92 Å². The molecule has 1 unspecified atom stereocenters. The number of hydrogen-bond acceptors (Lipinski definition) is 0. The zero-order chi connectivity index (χ0) is 22.3. The Balaban J connectivity index is 0.000000547. The van der Waals surface area contributed by atoms with Gasteiger partial charge in [-0.15, -0.1) is 66.3 Å². The average molecular weight is 563 g/mol. The maximum Gasteiger partial charge on any atom is -0.147 e. The van der Waals surface area contributed by atoms with E-state index in [4.69, 9.17) is 0 Å². The van der Waals surface area contributed by atoms with Gasteiger partial charge in [0, 0.05) is 0 Å². The molecule has 1 atom stereocenters. The summed E-state index contributed by atoms with van der Waals surface area (Å²) in [5, 5.41) is 2.72. The number of benzene rings is 2. The fourth-order valence-electron chi connectivity index (χ4n) is 3.53. The molecule has 0 radical (unpaired) electrons. The Morgan fingerprint density at radius 1 is 0.969 bits per heavy atom. The Labute approximate surface area is 223 Å². The first-order valence-electron chi connectivity index (χ1n) is 10.8. The molecule has 0 N–H and O–H groups in total. The summed E-state index contributed by atoms with van der Waals surface area (Å²) in [5.41, 5.74) is 8.51. The molecule has 1 aliphatic rings. The topological polar surface area (TPSA) is 0 Å². The monoisotopic (exact) mass is 560 g/mol. The Kier molecular flexibility index (Phi) is 14.8. The number of hydrogen-bond donors (Lipinski definition) is 0. The minimum atomic E-state index is 0. The van der Waals surface area contributed by atoms with E-state index in [9.17, 15) is 0 Å². The van der Waals surface area contributed by atoms with Crippen molar-refractivity contribution in [2.24, 2.45) is 5.92 Å². The van der Waals surface area contributed by atoms with Crippen molar-refractivity contribution in [1.82, 2.24) is 0 Å². The summed E-state index contributed by atoms with van der Waals surface area (Å²) < 4.78 is 0.